The van der Waals surface area contributed by atoms with E-state index >= 15 is 0 Å². The summed E-state index contributed by atoms with van der Waals surface area (Å²) in [5, 5.41) is 0. The summed E-state index contributed by atoms with van der Waals surface area (Å²) in [6, 6.07) is 0.930. The quantitative estimate of drug-likeness (QED) is 0.520. The van der Waals surface area contributed by atoms with Gasteiger partial charge in [-0.15, -0.1) is 0 Å². The fourth-order valence-electron chi connectivity index (χ4n) is 2.44. The lowest BCUT2D eigenvalue weighted by molar-refractivity contribution is -0.696. The molecule has 0 aliphatic carbocycles. The molecule has 0 aromatic carbocycles. The number of imidazole rings is 2. The van der Waals surface area contributed by atoms with Gasteiger partial charge in [0.15, 0.2) is 0 Å². The molecule has 0 fully saturated rings. The van der Waals surface area contributed by atoms with E-state index in [1.165, 1.54) is 0 Å². The minimum absolute atomic E-state index is 0.0337. The monoisotopic (exact) mass is 350 g/mol. The van der Waals surface area contributed by atoms with Gasteiger partial charge in [0.2, 0.25) is 0 Å². The highest BCUT2D eigenvalue weighted by molar-refractivity contribution is 5.79. The molecule has 0 N–H and O–H groups in total. The van der Waals surface area contributed by atoms with Crippen LogP contribution in [0.1, 0.15) is 33.6 Å². The lowest BCUT2D eigenvalue weighted by atomic mass is 10.3. The van der Waals surface area contributed by atoms with Crippen molar-refractivity contribution in [1.82, 2.24) is 9.13 Å². The van der Waals surface area contributed by atoms with Crippen LogP contribution in [0.4, 0.5) is 0 Å². The number of carbonyl (C=O) groups is 2. The Morgan fingerprint density at radius 3 is 2.00 bits per heavy atom. The van der Waals surface area contributed by atoms with E-state index in [2.05, 4.69) is 0 Å². The summed E-state index contributed by atoms with van der Waals surface area (Å²) in [6.07, 6.45) is 7.29. The minimum Gasteiger partial charge on any atom is -0.357 e. The number of ether oxygens (including phenoxy) is 2. The number of aryl methyl sites for hydroxylation is 4. The first kappa shape index (κ1) is 18.7. The van der Waals surface area contributed by atoms with E-state index in [9.17, 15) is 9.59 Å². The highest BCUT2D eigenvalue weighted by atomic mass is 16.6. The first-order valence-electron chi connectivity index (χ1n) is 8.54. The number of aromatic nitrogens is 4. The van der Waals surface area contributed by atoms with Crippen molar-refractivity contribution in [2.24, 2.45) is 7.05 Å². The van der Waals surface area contributed by atoms with Crippen molar-refractivity contribution in [3.05, 3.63) is 24.8 Å². The lowest BCUT2D eigenvalue weighted by Gasteiger charge is -2.04. The van der Waals surface area contributed by atoms with Crippen molar-refractivity contribution in [3.8, 4) is 12.0 Å². The molecule has 0 radical (unpaired) electrons. The van der Waals surface area contributed by atoms with Gasteiger partial charge in [0.1, 0.15) is 24.8 Å². The van der Waals surface area contributed by atoms with Gasteiger partial charge in [0.05, 0.1) is 39.5 Å². The van der Waals surface area contributed by atoms with Crippen LogP contribution in [0.3, 0.4) is 0 Å². The Kier molecular flexibility index (Phi) is 6.32. The molecule has 8 heteroatoms. The van der Waals surface area contributed by atoms with Gasteiger partial charge >= 0.3 is 24.0 Å². The number of hydrogen-bond donors (Lipinski definition) is 0. The molecule has 8 nitrogen and oxygen atoms in total. The summed E-state index contributed by atoms with van der Waals surface area (Å²) in [5.41, 5.74) is 0. The molecular formula is C17H26N4O4+2. The Balaban J connectivity index is 1.91. The summed E-state index contributed by atoms with van der Waals surface area (Å²) >= 11 is 0. The molecule has 25 heavy (non-hydrogen) atoms. The number of esters is 2. The Labute approximate surface area is 147 Å². The molecule has 2 aromatic heterocycles. The molecule has 0 saturated carbocycles. The average Bonchev–Trinajstić information content (AvgIpc) is 3.16. The summed E-state index contributed by atoms with van der Waals surface area (Å²) < 4.78 is 18.0. The topological polar surface area (TPSA) is 70.2 Å². The first-order valence-corrected chi connectivity index (χ1v) is 8.54. The van der Waals surface area contributed by atoms with Gasteiger partial charge in [-0.2, -0.15) is 18.3 Å². The van der Waals surface area contributed by atoms with Crippen LogP contribution >= 0.6 is 0 Å². The smallest absolute Gasteiger partial charge is 0.357 e. The van der Waals surface area contributed by atoms with Crippen LogP contribution < -0.4 is 18.6 Å². The summed E-state index contributed by atoms with van der Waals surface area (Å²) in [5.74, 6) is -0.919. The maximum absolute atomic E-state index is 12.1. The molecule has 0 aliphatic rings. The van der Waals surface area contributed by atoms with Gasteiger partial charge in [0, 0.05) is 0 Å². The molecule has 0 saturated heterocycles. The van der Waals surface area contributed by atoms with Gasteiger partial charge in [-0.05, 0) is 20.8 Å². The number of rotatable bonds is 8. The van der Waals surface area contributed by atoms with Crippen LogP contribution in [-0.4, -0.2) is 21.1 Å². The molecule has 0 amide bonds. The second kappa shape index (κ2) is 8.46. The molecule has 0 atom stereocenters. The van der Waals surface area contributed by atoms with Crippen molar-refractivity contribution in [1.29, 1.82) is 0 Å². The fraction of sp³-hybridized carbons (Fsp3) is 0.529. The number of hydrogen-bond acceptors (Lipinski definition) is 4. The third-order valence-electron chi connectivity index (χ3n) is 3.90. The van der Waals surface area contributed by atoms with Crippen molar-refractivity contribution >= 4 is 11.9 Å². The highest BCUT2D eigenvalue weighted by Crippen LogP contribution is 2.09. The predicted octanol–water partition coefficient (Wildman–Crippen LogP) is 0.752. The van der Waals surface area contributed by atoms with Gasteiger partial charge < -0.3 is 9.47 Å². The van der Waals surface area contributed by atoms with E-state index in [1.54, 1.807) is 11.6 Å². The molecule has 136 valence electrons. The number of nitrogens with zero attached hydrogens (tertiary/aromatic N) is 4. The second-order valence-corrected chi connectivity index (χ2v) is 5.58. The molecule has 0 unspecified atom stereocenters. The van der Waals surface area contributed by atoms with Gasteiger partial charge in [-0.3, -0.25) is 9.59 Å². The summed E-state index contributed by atoms with van der Waals surface area (Å²) in [7, 11) is 1.80. The lowest BCUT2D eigenvalue weighted by Crippen LogP contribution is -2.34. The Morgan fingerprint density at radius 2 is 1.44 bits per heavy atom. The average molecular weight is 350 g/mol. The van der Waals surface area contributed by atoms with Crippen molar-refractivity contribution in [3.63, 3.8) is 0 Å². The van der Waals surface area contributed by atoms with E-state index in [4.69, 9.17) is 9.47 Å². The molecule has 2 rings (SSSR count). The minimum atomic E-state index is -0.463. The zero-order valence-corrected chi connectivity index (χ0v) is 15.3. The zero-order chi connectivity index (χ0) is 18.4. The first-order chi connectivity index (χ1) is 12.0. The Morgan fingerprint density at radius 1 is 0.920 bits per heavy atom. The SMILES string of the molecule is CCn1cc[n+](C)c1OC(=O)CCC(=O)Oc1n(CC)cc[n+]1CC. The van der Waals surface area contributed by atoms with E-state index < -0.39 is 11.9 Å². The van der Waals surface area contributed by atoms with Crippen LogP contribution in [0.5, 0.6) is 12.0 Å². The van der Waals surface area contributed by atoms with E-state index in [-0.39, 0.29) is 12.8 Å². The standard InChI is InChI=1S/C17H26N4O4/c1-5-19-11-10-18(4)16(19)24-14(22)8-9-15(23)25-17-20(6-2)12-13-21(17)7-3/h10-13H,5-9H2,1-4H3/q+2. The maximum atomic E-state index is 12.1. The highest BCUT2D eigenvalue weighted by Gasteiger charge is 2.23. The predicted molar refractivity (Wildman–Crippen MR) is 87.8 cm³/mol. The molecule has 2 heterocycles. The van der Waals surface area contributed by atoms with Crippen LogP contribution in [-0.2, 0) is 36.3 Å². The van der Waals surface area contributed by atoms with Gasteiger partial charge in [-0.25, -0.2) is 0 Å². The van der Waals surface area contributed by atoms with Crippen LogP contribution in [0.2, 0.25) is 0 Å². The normalized spacial score (nSPS) is 10.7. The Hall–Kier alpha value is -2.64. The van der Waals surface area contributed by atoms with E-state index in [1.807, 2.05) is 59.3 Å². The molecular weight excluding hydrogens is 324 g/mol. The number of carbonyl (C=O) groups excluding carboxylic acids is 2. The van der Waals surface area contributed by atoms with Crippen LogP contribution in [0.15, 0.2) is 24.8 Å². The second-order valence-electron chi connectivity index (χ2n) is 5.58. The third kappa shape index (κ3) is 4.46. The van der Waals surface area contributed by atoms with Crippen molar-refractivity contribution in [2.75, 3.05) is 0 Å². The fourth-order valence-corrected chi connectivity index (χ4v) is 2.44. The molecule has 0 bridgehead atoms. The summed E-state index contributed by atoms with van der Waals surface area (Å²) in [4.78, 5) is 24.1. The largest absolute Gasteiger partial charge is 0.463 e. The zero-order valence-electron chi connectivity index (χ0n) is 15.3. The summed E-state index contributed by atoms with van der Waals surface area (Å²) in [6.45, 7) is 7.98. The van der Waals surface area contributed by atoms with Crippen molar-refractivity contribution < 1.29 is 28.2 Å². The van der Waals surface area contributed by atoms with Crippen LogP contribution in [0, 0.1) is 0 Å². The van der Waals surface area contributed by atoms with Gasteiger partial charge in [-0.1, -0.05) is 0 Å². The van der Waals surface area contributed by atoms with Crippen molar-refractivity contribution in [2.45, 2.75) is 53.2 Å². The third-order valence-corrected chi connectivity index (χ3v) is 3.90. The Bertz CT molecular complexity index is 726. The van der Waals surface area contributed by atoms with E-state index in [0.29, 0.717) is 31.7 Å². The maximum Gasteiger partial charge on any atom is 0.463 e. The molecule has 0 spiro atoms. The molecule has 2 aromatic rings. The van der Waals surface area contributed by atoms with Gasteiger partial charge in [0.25, 0.3) is 0 Å². The molecule has 0 aliphatic heterocycles. The van der Waals surface area contributed by atoms with Crippen LogP contribution in [0.25, 0.3) is 0 Å². The van der Waals surface area contributed by atoms with E-state index in [0.717, 1.165) is 0 Å².